The van der Waals surface area contributed by atoms with Gasteiger partial charge in [-0.2, -0.15) is 13.2 Å². The predicted molar refractivity (Wildman–Crippen MR) is 125 cm³/mol. The lowest BCUT2D eigenvalue weighted by Gasteiger charge is -2.22. The van der Waals surface area contributed by atoms with Crippen LogP contribution in [0, 0.1) is 6.92 Å². The maximum Gasteiger partial charge on any atom is 0.406 e. The second-order valence-corrected chi connectivity index (χ2v) is 9.58. The predicted octanol–water partition coefficient (Wildman–Crippen LogP) is 4.22. The van der Waals surface area contributed by atoms with Crippen LogP contribution in [-0.4, -0.2) is 36.3 Å². The number of alkyl halides is 3. The van der Waals surface area contributed by atoms with Gasteiger partial charge in [-0.15, -0.1) is 0 Å². The van der Waals surface area contributed by atoms with Gasteiger partial charge in [0, 0.05) is 0 Å². The zero-order valence-electron chi connectivity index (χ0n) is 18.3. The van der Waals surface area contributed by atoms with Crippen LogP contribution >= 0.6 is 12.8 Å². The molecule has 1 aromatic heterocycles. The Morgan fingerprint density at radius 2 is 1.97 bits per heavy atom. The Kier molecular flexibility index (Phi) is 7.05. The molecule has 0 fully saturated rings. The first-order chi connectivity index (χ1) is 15.7. The van der Waals surface area contributed by atoms with Crippen molar-refractivity contribution >= 4 is 51.3 Å². The van der Waals surface area contributed by atoms with E-state index < -0.39 is 28.8 Å². The minimum atomic E-state index is -4.51. The molecule has 1 heterocycles. The molecular weight excluding hydrogens is 495 g/mol. The molecule has 0 aliphatic rings. The first-order valence-corrected chi connectivity index (χ1v) is 11.8. The van der Waals surface area contributed by atoms with E-state index in [2.05, 4.69) is 23.1 Å². The SMILES string of the molecule is Cc1nc2cccc(NC(=O)N(S)c3cc(S(N)(=O)=O)ccc3OC(C)C)c2n1CC(F)(F)F. The van der Waals surface area contributed by atoms with Crippen LogP contribution in [0.25, 0.3) is 11.0 Å². The van der Waals surface area contributed by atoms with E-state index >= 15 is 0 Å². The number of carbonyl (C=O) groups is 1. The molecule has 0 atom stereocenters. The number of nitrogens with zero attached hydrogens (tertiary/aromatic N) is 3. The van der Waals surface area contributed by atoms with Gasteiger partial charge in [0.25, 0.3) is 0 Å². The number of para-hydroxylation sites is 1. The van der Waals surface area contributed by atoms with Crippen LogP contribution in [0.3, 0.4) is 0 Å². The standard InChI is InChI=1S/C20H22F3N5O4S2/c1-11(2)32-17-8-7-13(34(24,30)31)9-16(17)28(33)19(29)26-15-6-4-5-14-18(15)27(12(3)25-14)10-20(21,22)23/h4-9,11,33H,10H2,1-3H3,(H,26,29)(H2,24,30,31). The number of urea groups is 1. The van der Waals surface area contributed by atoms with Gasteiger partial charge in [0.2, 0.25) is 10.0 Å². The van der Waals surface area contributed by atoms with Crippen molar-refractivity contribution in [3.05, 3.63) is 42.2 Å². The zero-order chi connectivity index (χ0) is 25.4. The highest BCUT2D eigenvalue weighted by Gasteiger charge is 2.30. The number of primary sulfonamides is 1. The molecule has 0 saturated carbocycles. The van der Waals surface area contributed by atoms with Gasteiger partial charge in [-0.05, 0) is 51.1 Å². The molecule has 3 N–H and O–H groups in total. The van der Waals surface area contributed by atoms with E-state index in [9.17, 15) is 26.4 Å². The summed E-state index contributed by atoms with van der Waals surface area (Å²) in [4.78, 5) is 16.9. The third-order valence-electron chi connectivity index (χ3n) is 4.58. The van der Waals surface area contributed by atoms with Crippen molar-refractivity contribution in [2.45, 2.75) is 44.5 Å². The third-order valence-corrected chi connectivity index (χ3v) is 5.89. The number of ether oxygens (including phenoxy) is 1. The van der Waals surface area contributed by atoms with Gasteiger partial charge in [0.15, 0.2) is 0 Å². The Morgan fingerprint density at radius 3 is 2.56 bits per heavy atom. The topological polar surface area (TPSA) is 120 Å². The fourth-order valence-corrected chi connectivity index (χ4v) is 3.99. The number of sulfonamides is 1. The number of anilines is 2. The molecule has 3 aromatic rings. The van der Waals surface area contributed by atoms with Crippen LogP contribution in [-0.2, 0) is 16.6 Å². The van der Waals surface area contributed by atoms with E-state index in [1.807, 2.05) is 0 Å². The van der Waals surface area contributed by atoms with Crippen LogP contribution in [0.1, 0.15) is 19.7 Å². The Balaban J connectivity index is 2.02. The number of aromatic nitrogens is 2. The van der Waals surface area contributed by atoms with E-state index in [0.717, 1.165) is 14.9 Å². The molecule has 0 bridgehead atoms. The summed E-state index contributed by atoms with van der Waals surface area (Å²) < 4.78 is 70.3. The summed E-state index contributed by atoms with van der Waals surface area (Å²) in [5.41, 5.74) is 0.350. The molecule has 0 aliphatic carbocycles. The smallest absolute Gasteiger partial charge is 0.406 e. The molecule has 0 spiro atoms. The van der Waals surface area contributed by atoms with Crippen molar-refractivity contribution in [2.24, 2.45) is 5.14 Å². The highest BCUT2D eigenvalue weighted by Crippen LogP contribution is 2.34. The lowest BCUT2D eigenvalue weighted by molar-refractivity contribution is -0.140. The minimum Gasteiger partial charge on any atom is -0.489 e. The number of halogens is 3. The molecule has 3 rings (SSSR count). The van der Waals surface area contributed by atoms with E-state index in [4.69, 9.17) is 9.88 Å². The van der Waals surface area contributed by atoms with Crippen molar-refractivity contribution in [3.8, 4) is 5.75 Å². The number of carbonyl (C=O) groups excluding carboxylic acids is 1. The number of thiol groups is 1. The molecule has 0 unspecified atom stereocenters. The van der Waals surface area contributed by atoms with E-state index in [1.165, 1.54) is 37.3 Å². The summed E-state index contributed by atoms with van der Waals surface area (Å²) >= 11 is 4.18. The fourth-order valence-electron chi connectivity index (χ4n) is 3.25. The molecule has 0 aliphatic heterocycles. The van der Waals surface area contributed by atoms with Crippen molar-refractivity contribution in [2.75, 3.05) is 9.62 Å². The second kappa shape index (κ2) is 9.35. The Morgan fingerprint density at radius 1 is 1.29 bits per heavy atom. The van der Waals surface area contributed by atoms with E-state index in [1.54, 1.807) is 13.8 Å². The highest BCUT2D eigenvalue weighted by molar-refractivity contribution is 7.89. The number of amides is 2. The van der Waals surface area contributed by atoms with Crippen LogP contribution in [0.15, 0.2) is 41.3 Å². The van der Waals surface area contributed by atoms with Crippen molar-refractivity contribution < 1.29 is 31.1 Å². The number of imidazole rings is 1. The third kappa shape index (κ3) is 5.74. The zero-order valence-corrected chi connectivity index (χ0v) is 20.0. The van der Waals surface area contributed by atoms with Crippen molar-refractivity contribution in [1.29, 1.82) is 0 Å². The number of nitrogens with two attached hydrogens (primary N) is 1. The van der Waals surface area contributed by atoms with E-state index in [0.29, 0.717) is 0 Å². The van der Waals surface area contributed by atoms with Crippen LogP contribution in [0.5, 0.6) is 5.75 Å². The van der Waals surface area contributed by atoms with E-state index in [-0.39, 0.29) is 45.0 Å². The van der Waals surface area contributed by atoms with Gasteiger partial charge >= 0.3 is 12.2 Å². The quantitative estimate of drug-likeness (QED) is 0.423. The van der Waals surface area contributed by atoms with Crippen molar-refractivity contribution in [1.82, 2.24) is 9.55 Å². The lowest BCUT2D eigenvalue weighted by Crippen LogP contribution is -2.28. The van der Waals surface area contributed by atoms with Crippen LogP contribution < -0.4 is 19.5 Å². The average molecular weight is 518 g/mol. The summed E-state index contributed by atoms with van der Waals surface area (Å²) in [6, 6.07) is 7.24. The number of fused-ring (bicyclic) bond motifs is 1. The van der Waals surface area contributed by atoms with Crippen molar-refractivity contribution in [3.63, 3.8) is 0 Å². The van der Waals surface area contributed by atoms with Crippen LogP contribution in [0.4, 0.5) is 29.3 Å². The van der Waals surface area contributed by atoms with Gasteiger partial charge in [0.1, 0.15) is 23.8 Å². The summed E-state index contributed by atoms with van der Waals surface area (Å²) in [6.45, 7) is 3.59. The normalized spacial score (nSPS) is 12.3. The minimum absolute atomic E-state index is 0.0341. The fraction of sp³-hybridized carbons (Fsp3) is 0.300. The molecule has 2 amide bonds. The number of nitrogens with one attached hydrogen (secondary N) is 1. The highest BCUT2D eigenvalue weighted by atomic mass is 32.2. The summed E-state index contributed by atoms with van der Waals surface area (Å²) in [5.74, 6) is 0.258. The number of hydrogen-bond donors (Lipinski definition) is 3. The molecule has 0 saturated heterocycles. The van der Waals surface area contributed by atoms with Gasteiger partial charge in [-0.1, -0.05) is 18.9 Å². The Labute approximate surface area is 199 Å². The monoisotopic (exact) mass is 517 g/mol. The van der Waals surface area contributed by atoms with Gasteiger partial charge < -0.3 is 14.6 Å². The summed E-state index contributed by atoms with van der Waals surface area (Å²) in [6.07, 6.45) is -4.83. The lowest BCUT2D eigenvalue weighted by atomic mass is 10.2. The number of rotatable bonds is 6. The molecule has 0 radical (unpaired) electrons. The van der Waals surface area contributed by atoms with Gasteiger partial charge in [0.05, 0.1) is 27.7 Å². The Bertz CT molecular complexity index is 1340. The summed E-state index contributed by atoms with van der Waals surface area (Å²) in [5, 5.41) is 7.70. The first-order valence-electron chi connectivity index (χ1n) is 9.83. The average Bonchev–Trinajstić information content (AvgIpc) is 3.01. The number of aryl methyl sites for hydroxylation is 1. The maximum atomic E-state index is 13.1. The summed E-state index contributed by atoms with van der Waals surface area (Å²) in [7, 11) is -4.10. The first kappa shape index (κ1) is 25.6. The maximum absolute atomic E-state index is 13.1. The molecule has 34 heavy (non-hydrogen) atoms. The number of benzene rings is 2. The molecule has 184 valence electrons. The molecule has 2 aromatic carbocycles. The molecule has 9 nitrogen and oxygen atoms in total. The molecule has 14 heteroatoms. The molecular formula is C20H22F3N5O4S2. The second-order valence-electron chi connectivity index (χ2n) is 7.62. The Hall–Kier alpha value is -2.97. The largest absolute Gasteiger partial charge is 0.489 e. The van der Waals surface area contributed by atoms with Gasteiger partial charge in [-0.3, -0.25) is 0 Å². The number of hydrogen-bond acceptors (Lipinski definition) is 6. The van der Waals surface area contributed by atoms with Crippen LogP contribution in [0.2, 0.25) is 0 Å². The van der Waals surface area contributed by atoms with Gasteiger partial charge in [-0.25, -0.2) is 27.6 Å².